The van der Waals surface area contributed by atoms with Crippen LogP contribution in [0.2, 0.25) is 0 Å². The second-order valence-electron chi connectivity index (χ2n) is 5.57. The van der Waals surface area contributed by atoms with E-state index in [0.29, 0.717) is 11.1 Å². The molecular weight excluding hydrogens is 326 g/mol. The summed E-state index contributed by atoms with van der Waals surface area (Å²) in [6.07, 6.45) is 3.30. The molecule has 2 heterocycles. The van der Waals surface area contributed by atoms with Crippen molar-refractivity contribution in [2.75, 3.05) is 18.0 Å². The van der Waals surface area contributed by atoms with Crippen LogP contribution < -0.4 is 4.90 Å². The van der Waals surface area contributed by atoms with Gasteiger partial charge in [0, 0.05) is 17.8 Å². The number of para-hydroxylation sites is 1. The summed E-state index contributed by atoms with van der Waals surface area (Å²) in [5.41, 5.74) is 1.89. The van der Waals surface area contributed by atoms with Crippen LogP contribution >= 0.6 is 23.5 Å². The number of fused-ring (bicyclic) bond motifs is 1. The number of rotatable bonds is 4. The quantitative estimate of drug-likeness (QED) is 0.452. The van der Waals surface area contributed by atoms with Crippen LogP contribution in [0.25, 0.3) is 0 Å². The first-order valence-corrected chi connectivity index (χ1v) is 9.62. The number of hydrogen-bond acceptors (Lipinski definition) is 5. The number of nitrogens with zero attached hydrogens (tertiary/aromatic N) is 1. The standard InChI is InChI=1S/C18H19NO2S2/c1-2-3-6-9-19-12-15(20)16(18-22-10-11-23-18)17(21)13-7-4-5-8-14(13)19/h4-5,7-8,10-11H,2-3,6,9,12H2,1H3. The fourth-order valence-electron chi connectivity index (χ4n) is 2.82. The number of ketones is 2. The van der Waals surface area contributed by atoms with Gasteiger partial charge in [-0.05, 0) is 29.4 Å². The third kappa shape index (κ3) is 3.40. The second-order valence-corrected chi connectivity index (χ2v) is 7.66. The van der Waals surface area contributed by atoms with Crippen molar-refractivity contribution in [1.82, 2.24) is 0 Å². The molecular formula is C18H19NO2S2. The largest absolute Gasteiger partial charge is 0.363 e. The van der Waals surface area contributed by atoms with Crippen LogP contribution in [0, 0.1) is 0 Å². The molecule has 0 atom stereocenters. The smallest absolute Gasteiger partial charge is 0.200 e. The minimum atomic E-state index is -0.137. The van der Waals surface area contributed by atoms with Crippen LogP contribution in [0.3, 0.4) is 0 Å². The molecule has 120 valence electrons. The Labute approximate surface area is 145 Å². The molecule has 0 saturated carbocycles. The zero-order valence-corrected chi connectivity index (χ0v) is 14.7. The molecule has 0 amide bonds. The SMILES string of the molecule is CCCCCN1CC(=O)C(=C2SC=CS2)C(=O)c2ccccc21. The topological polar surface area (TPSA) is 37.4 Å². The summed E-state index contributed by atoms with van der Waals surface area (Å²) in [4.78, 5) is 27.8. The first-order valence-electron chi connectivity index (χ1n) is 7.87. The first-order chi connectivity index (χ1) is 11.2. The average molecular weight is 345 g/mol. The number of benzene rings is 1. The van der Waals surface area contributed by atoms with Crippen LogP contribution in [-0.2, 0) is 4.79 Å². The number of anilines is 1. The molecule has 0 N–H and O–H groups in total. The fourth-order valence-corrected chi connectivity index (χ4v) is 4.72. The van der Waals surface area contributed by atoms with Crippen molar-refractivity contribution in [2.45, 2.75) is 26.2 Å². The van der Waals surface area contributed by atoms with Gasteiger partial charge in [0.1, 0.15) is 0 Å². The molecule has 3 rings (SSSR count). The molecule has 0 fully saturated rings. The summed E-state index contributed by atoms with van der Waals surface area (Å²) in [5.74, 6) is -0.205. The van der Waals surface area contributed by atoms with Gasteiger partial charge in [-0.1, -0.05) is 55.4 Å². The van der Waals surface area contributed by atoms with Gasteiger partial charge in [-0.15, -0.1) is 0 Å². The first kappa shape index (κ1) is 16.4. The van der Waals surface area contributed by atoms with E-state index in [1.54, 1.807) is 0 Å². The summed E-state index contributed by atoms with van der Waals surface area (Å²) >= 11 is 2.93. The van der Waals surface area contributed by atoms with Gasteiger partial charge in [0.05, 0.1) is 16.4 Å². The predicted molar refractivity (Wildman–Crippen MR) is 98.9 cm³/mol. The van der Waals surface area contributed by atoms with Gasteiger partial charge in [-0.25, -0.2) is 0 Å². The highest BCUT2D eigenvalue weighted by atomic mass is 32.2. The van der Waals surface area contributed by atoms with E-state index in [9.17, 15) is 9.59 Å². The Kier molecular flexibility index (Phi) is 5.28. The van der Waals surface area contributed by atoms with Crippen LogP contribution in [-0.4, -0.2) is 24.7 Å². The Hall–Kier alpha value is -1.46. The molecule has 1 aromatic carbocycles. The van der Waals surface area contributed by atoms with E-state index in [4.69, 9.17) is 0 Å². The fraction of sp³-hybridized carbons (Fsp3) is 0.333. The molecule has 0 unspecified atom stereocenters. The number of thioether (sulfide) groups is 2. The lowest BCUT2D eigenvalue weighted by molar-refractivity contribution is -0.114. The van der Waals surface area contributed by atoms with Gasteiger partial charge in [-0.2, -0.15) is 0 Å². The maximum absolute atomic E-state index is 12.9. The van der Waals surface area contributed by atoms with Crippen LogP contribution in [0.4, 0.5) is 5.69 Å². The molecule has 23 heavy (non-hydrogen) atoms. The van der Waals surface area contributed by atoms with Crippen molar-refractivity contribution in [2.24, 2.45) is 0 Å². The molecule has 0 aliphatic carbocycles. The lowest BCUT2D eigenvalue weighted by atomic mass is 10.0. The minimum Gasteiger partial charge on any atom is -0.363 e. The number of Topliss-reactive ketones (excluding diaryl/α,β-unsaturated/α-hetero) is 2. The molecule has 0 radical (unpaired) electrons. The zero-order chi connectivity index (χ0) is 16.2. The number of hydrogen-bond donors (Lipinski definition) is 0. The monoisotopic (exact) mass is 345 g/mol. The maximum Gasteiger partial charge on any atom is 0.200 e. The Morgan fingerprint density at radius 1 is 1.09 bits per heavy atom. The molecule has 0 saturated heterocycles. The summed E-state index contributed by atoms with van der Waals surface area (Å²) < 4.78 is 0.810. The number of unbranched alkanes of at least 4 members (excludes halogenated alkanes) is 2. The molecule has 1 aromatic rings. The van der Waals surface area contributed by atoms with Gasteiger partial charge in [0.15, 0.2) is 11.6 Å². The Morgan fingerprint density at radius 2 is 1.83 bits per heavy atom. The Bertz CT molecular complexity index is 684. The van der Waals surface area contributed by atoms with E-state index in [1.165, 1.54) is 23.5 Å². The van der Waals surface area contributed by atoms with Crippen molar-refractivity contribution < 1.29 is 9.59 Å². The Morgan fingerprint density at radius 3 is 2.57 bits per heavy atom. The van der Waals surface area contributed by atoms with E-state index in [-0.39, 0.29) is 18.1 Å². The van der Waals surface area contributed by atoms with Gasteiger partial charge < -0.3 is 4.90 Å². The summed E-state index contributed by atoms with van der Waals surface area (Å²) in [6, 6.07) is 7.59. The maximum atomic E-state index is 12.9. The van der Waals surface area contributed by atoms with E-state index >= 15 is 0 Å². The third-order valence-electron chi connectivity index (χ3n) is 3.97. The minimum absolute atomic E-state index is 0.0681. The van der Waals surface area contributed by atoms with Crippen molar-refractivity contribution >= 4 is 40.8 Å². The zero-order valence-electron chi connectivity index (χ0n) is 13.1. The molecule has 2 aliphatic rings. The van der Waals surface area contributed by atoms with Gasteiger partial charge in [0.25, 0.3) is 0 Å². The highest BCUT2D eigenvalue weighted by molar-refractivity contribution is 8.27. The molecule has 0 aromatic heterocycles. The Balaban J connectivity index is 1.99. The molecule has 3 nitrogen and oxygen atoms in total. The number of carbonyl (C=O) groups is 2. The second kappa shape index (κ2) is 7.41. The van der Waals surface area contributed by atoms with Gasteiger partial charge in [0.2, 0.25) is 0 Å². The normalized spacial score (nSPS) is 17.7. The lowest BCUT2D eigenvalue weighted by Gasteiger charge is -2.23. The highest BCUT2D eigenvalue weighted by Crippen LogP contribution is 2.42. The van der Waals surface area contributed by atoms with E-state index < -0.39 is 0 Å². The summed E-state index contributed by atoms with van der Waals surface area (Å²) in [5, 5.41) is 3.84. The van der Waals surface area contributed by atoms with Gasteiger partial charge in [-0.3, -0.25) is 9.59 Å². The van der Waals surface area contributed by atoms with E-state index in [1.807, 2.05) is 35.1 Å². The predicted octanol–water partition coefficient (Wildman–Crippen LogP) is 4.61. The van der Waals surface area contributed by atoms with Crippen molar-refractivity contribution in [3.05, 3.63) is 50.5 Å². The van der Waals surface area contributed by atoms with E-state index in [2.05, 4.69) is 11.8 Å². The molecule has 5 heteroatoms. The van der Waals surface area contributed by atoms with Crippen LogP contribution in [0.15, 0.2) is 44.9 Å². The summed E-state index contributed by atoms with van der Waals surface area (Å²) in [6.45, 7) is 3.26. The van der Waals surface area contributed by atoms with E-state index in [0.717, 1.165) is 35.7 Å². The average Bonchev–Trinajstić information content (AvgIpc) is 3.05. The summed E-state index contributed by atoms with van der Waals surface area (Å²) in [7, 11) is 0. The molecule has 2 aliphatic heterocycles. The van der Waals surface area contributed by atoms with Crippen molar-refractivity contribution in [3.8, 4) is 0 Å². The number of carbonyl (C=O) groups excluding carboxylic acids is 2. The van der Waals surface area contributed by atoms with Crippen LogP contribution in [0.1, 0.15) is 36.5 Å². The van der Waals surface area contributed by atoms with Crippen LogP contribution in [0.5, 0.6) is 0 Å². The third-order valence-corrected chi connectivity index (χ3v) is 6.10. The molecule has 0 spiro atoms. The van der Waals surface area contributed by atoms with Crippen molar-refractivity contribution in [3.63, 3.8) is 0 Å². The van der Waals surface area contributed by atoms with Crippen molar-refractivity contribution in [1.29, 1.82) is 0 Å². The molecule has 0 bridgehead atoms. The lowest BCUT2D eigenvalue weighted by Crippen LogP contribution is -2.30. The highest BCUT2D eigenvalue weighted by Gasteiger charge is 2.32. The van der Waals surface area contributed by atoms with Gasteiger partial charge >= 0.3 is 0 Å².